The number of phenols is 3. The Hall–Kier alpha value is -9.17. The summed E-state index contributed by atoms with van der Waals surface area (Å²) in [6.45, 7) is 0. The molecular formula is C50H33N9O12S3. The molecule has 368 valence electrons. The quantitative estimate of drug-likeness (QED) is 0.0360. The van der Waals surface area contributed by atoms with Crippen molar-refractivity contribution in [1.29, 1.82) is 0 Å². The van der Waals surface area contributed by atoms with E-state index in [1.165, 1.54) is 18.2 Å². The van der Waals surface area contributed by atoms with E-state index >= 15 is 0 Å². The number of nitrogens with zero attached hydrogens (tertiary/aromatic N) is 8. The Morgan fingerprint density at radius 2 is 0.797 bits per heavy atom. The van der Waals surface area contributed by atoms with Crippen molar-refractivity contribution in [2.24, 2.45) is 40.9 Å². The third kappa shape index (κ3) is 9.29. The number of rotatable bonds is 11. The molecule has 0 heterocycles. The minimum Gasteiger partial charge on any atom is -0.505 e. The van der Waals surface area contributed by atoms with Gasteiger partial charge >= 0.3 is 0 Å². The van der Waals surface area contributed by atoms with Gasteiger partial charge in [-0.3, -0.25) is 13.7 Å². The lowest BCUT2D eigenvalue weighted by Gasteiger charge is -2.13. The first-order valence-corrected chi connectivity index (χ1v) is 25.8. The van der Waals surface area contributed by atoms with Crippen LogP contribution in [-0.2, 0) is 30.4 Å². The molecule has 10 aromatic carbocycles. The van der Waals surface area contributed by atoms with E-state index in [-0.39, 0.29) is 39.3 Å². The van der Waals surface area contributed by atoms with E-state index in [4.69, 9.17) is 5.73 Å². The number of benzene rings is 10. The van der Waals surface area contributed by atoms with Crippen LogP contribution in [0.15, 0.2) is 207 Å². The molecular weight excluding hydrogens is 1010 g/mol. The molecule has 21 nitrogen and oxygen atoms in total. The second-order valence-electron chi connectivity index (χ2n) is 16.4. The average molecular weight is 1050 g/mol. The highest BCUT2D eigenvalue weighted by Gasteiger charge is 2.29. The molecule has 10 rings (SSSR count). The molecule has 24 heteroatoms. The number of phenolic OH excluding ortho intramolecular Hbond substituents is 3. The van der Waals surface area contributed by atoms with E-state index < -0.39 is 90.1 Å². The summed E-state index contributed by atoms with van der Waals surface area (Å²) in [5.41, 5.74) is 4.49. The Kier molecular flexibility index (Phi) is 12.1. The first-order valence-electron chi connectivity index (χ1n) is 21.5. The van der Waals surface area contributed by atoms with Crippen LogP contribution < -0.4 is 5.73 Å². The van der Waals surface area contributed by atoms with Crippen LogP contribution in [0, 0.1) is 0 Å². The lowest BCUT2D eigenvalue weighted by molar-refractivity contribution is 0.471. The molecule has 0 fully saturated rings. The van der Waals surface area contributed by atoms with E-state index in [0.29, 0.717) is 22.5 Å². The number of hydrogen-bond acceptors (Lipinski definition) is 18. The first kappa shape index (κ1) is 48.5. The van der Waals surface area contributed by atoms with Crippen molar-refractivity contribution >= 4 is 135 Å². The summed E-state index contributed by atoms with van der Waals surface area (Å²) in [6.07, 6.45) is 0. The molecule has 0 aliphatic rings. The summed E-state index contributed by atoms with van der Waals surface area (Å²) >= 11 is 0. The predicted molar refractivity (Wildman–Crippen MR) is 275 cm³/mol. The summed E-state index contributed by atoms with van der Waals surface area (Å²) in [4.78, 5) is -3.27. The van der Waals surface area contributed by atoms with Gasteiger partial charge in [0.2, 0.25) is 0 Å². The second kappa shape index (κ2) is 18.5. The van der Waals surface area contributed by atoms with Gasteiger partial charge in [-0.2, -0.15) is 40.6 Å². The zero-order valence-corrected chi connectivity index (χ0v) is 39.9. The van der Waals surface area contributed by atoms with Crippen LogP contribution in [-0.4, -0.2) is 54.2 Å². The Balaban J connectivity index is 0.997. The molecule has 0 saturated carbocycles. The largest absolute Gasteiger partial charge is 0.505 e. The molecule has 0 aromatic heterocycles. The summed E-state index contributed by atoms with van der Waals surface area (Å²) in [7, 11) is -16.0. The third-order valence-electron chi connectivity index (χ3n) is 11.7. The lowest BCUT2D eigenvalue weighted by Crippen LogP contribution is -2.03. The molecule has 0 aliphatic heterocycles. The van der Waals surface area contributed by atoms with Crippen LogP contribution in [0.25, 0.3) is 53.9 Å². The summed E-state index contributed by atoms with van der Waals surface area (Å²) in [5, 5.41) is 69.5. The standard InChI is InChI=1S/C50H33N9O12S3/c51-44-43-31(12-19-39(49(43)62)56-53-34-15-16-35-30(23-34)11-18-38(47(35)60)55-52-32-13-9-26-5-1-3-7-28(26)21-32)24-41(72(63,64)65)45(44)58-57-40-20-17-36-37(50(40)74(69,70)71)25-42(73(66,67)68)46(48(36)61)59-54-33-14-10-27-6-2-4-8-29(27)22-33/h1-25,60-62H,51H2,(H,63,64,65)(H,66,67,68)(H,69,70,71). The molecule has 0 spiro atoms. The van der Waals surface area contributed by atoms with Gasteiger partial charge in [-0.1, -0.05) is 72.8 Å². The van der Waals surface area contributed by atoms with E-state index in [0.717, 1.165) is 39.7 Å². The zero-order valence-electron chi connectivity index (χ0n) is 37.4. The van der Waals surface area contributed by atoms with E-state index in [1.54, 1.807) is 54.6 Å². The van der Waals surface area contributed by atoms with Crippen LogP contribution in [0.4, 0.5) is 51.2 Å². The van der Waals surface area contributed by atoms with Crippen molar-refractivity contribution in [2.45, 2.75) is 14.7 Å². The Morgan fingerprint density at radius 3 is 1.38 bits per heavy atom. The Morgan fingerprint density at radius 1 is 0.351 bits per heavy atom. The van der Waals surface area contributed by atoms with Crippen LogP contribution in [0.5, 0.6) is 17.2 Å². The number of fused-ring (bicyclic) bond motifs is 5. The van der Waals surface area contributed by atoms with Gasteiger partial charge in [0.25, 0.3) is 30.4 Å². The number of nitrogens with two attached hydrogens (primary N) is 1. The lowest BCUT2D eigenvalue weighted by atomic mass is 10.1. The number of azo groups is 4. The van der Waals surface area contributed by atoms with Gasteiger partial charge in [0.1, 0.15) is 43.1 Å². The van der Waals surface area contributed by atoms with Gasteiger partial charge in [0.15, 0.2) is 17.2 Å². The van der Waals surface area contributed by atoms with Crippen LogP contribution in [0.3, 0.4) is 0 Å². The normalized spacial score (nSPS) is 12.9. The minimum atomic E-state index is -5.47. The van der Waals surface area contributed by atoms with E-state index in [2.05, 4.69) is 40.9 Å². The highest BCUT2D eigenvalue weighted by molar-refractivity contribution is 7.86. The first-order chi connectivity index (χ1) is 35.2. The number of hydrogen-bond donors (Lipinski definition) is 7. The van der Waals surface area contributed by atoms with Gasteiger partial charge < -0.3 is 21.1 Å². The number of nitrogen functional groups attached to an aromatic ring is 1. The SMILES string of the molecule is Nc1c(N=Nc2ccc3c(O)c(N=Nc4ccc5ccccc5c4)c(S(=O)(=O)O)cc3c2S(=O)(=O)O)c(S(=O)(=O)O)cc2ccc(N=Nc3ccc4c(O)c(N=Nc5ccc6ccccc6c5)ccc4c3)c(O)c12. The molecule has 0 saturated heterocycles. The van der Waals surface area contributed by atoms with Gasteiger partial charge in [0, 0.05) is 16.2 Å². The topological polar surface area (TPSA) is 349 Å². The fourth-order valence-corrected chi connectivity index (χ4v) is 10.3. The Labute approximate surface area is 417 Å². The van der Waals surface area contributed by atoms with Crippen molar-refractivity contribution in [3.05, 3.63) is 152 Å². The Bertz CT molecular complexity index is 4530. The molecule has 10 aromatic rings. The molecule has 8 N–H and O–H groups in total. The molecule has 0 unspecified atom stereocenters. The van der Waals surface area contributed by atoms with Gasteiger partial charge in [-0.15, -0.1) is 25.6 Å². The second-order valence-corrected chi connectivity index (χ2v) is 20.5. The zero-order chi connectivity index (χ0) is 52.3. The highest BCUT2D eigenvalue weighted by atomic mass is 32.2. The van der Waals surface area contributed by atoms with Gasteiger partial charge in [-0.05, 0) is 111 Å². The monoisotopic (exact) mass is 1050 g/mol. The average Bonchev–Trinajstić information content (AvgIpc) is 3.36. The van der Waals surface area contributed by atoms with Gasteiger partial charge in [0.05, 0.1) is 28.1 Å². The maximum atomic E-state index is 13.0. The molecule has 0 aliphatic carbocycles. The maximum Gasteiger partial charge on any atom is 0.297 e. The van der Waals surface area contributed by atoms with Crippen molar-refractivity contribution in [2.75, 3.05) is 5.73 Å². The summed E-state index contributed by atoms with van der Waals surface area (Å²) in [6, 6.07) is 39.4. The van der Waals surface area contributed by atoms with Crippen LogP contribution >= 0.6 is 0 Å². The summed E-state index contributed by atoms with van der Waals surface area (Å²) in [5.74, 6) is -1.77. The molecule has 0 amide bonds. The van der Waals surface area contributed by atoms with E-state index in [1.807, 2.05) is 54.6 Å². The molecule has 74 heavy (non-hydrogen) atoms. The minimum absolute atomic E-state index is 0.0496. The highest BCUT2D eigenvalue weighted by Crippen LogP contribution is 2.48. The predicted octanol–water partition coefficient (Wildman–Crippen LogP) is 13.6. The number of aromatic hydroxyl groups is 3. The summed E-state index contributed by atoms with van der Waals surface area (Å²) < 4.78 is 108. The van der Waals surface area contributed by atoms with E-state index in [9.17, 15) is 54.2 Å². The third-order valence-corrected chi connectivity index (χ3v) is 14.4. The maximum absolute atomic E-state index is 13.0. The van der Waals surface area contributed by atoms with Crippen molar-refractivity contribution in [3.8, 4) is 17.2 Å². The fraction of sp³-hybridized carbons (Fsp3) is 0. The number of anilines is 1. The molecule has 0 radical (unpaired) electrons. The van der Waals surface area contributed by atoms with Crippen LogP contribution in [0.1, 0.15) is 0 Å². The molecule has 0 bridgehead atoms. The smallest absolute Gasteiger partial charge is 0.297 e. The van der Waals surface area contributed by atoms with Crippen molar-refractivity contribution < 1.29 is 54.2 Å². The van der Waals surface area contributed by atoms with Crippen molar-refractivity contribution in [3.63, 3.8) is 0 Å². The fourth-order valence-electron chi connectivity index (χ4n) is 8.21. The van der Waals surface area contributed by atoms with Gasteiger partial charge in [-0.25, -0.2) is 0 Å². The molecule has 0 atom stereocenters. The van der Waals surface area contributed by atoms with Crippen LogP contribution in [0.2, 0.25) is 0 Å². The van der Waals surface area contributed by atoms with Crippen molar-refractivity contribution in [1.82, 2.24) is 0 Å².